The molecule has 2 aliphatic rings. The first-order valence-corrected chi connectivity index (χ1v) is 8.01. The number of carbonyl (C=O) groups is 1. The molecule has 0 saturated heterocycles. The first-order chi connectivity index (χ1) is 9.76. The van der Waals surface area contributed by atoms with Crippen LogP contribution in [0.5, 0.6) is 0 Å². The first-order valence-electron chi connectivity index (χ1n) is 8.01. The third kappa shape index (κ3) is 2.95. The lowest BCUT2D eigenvalue weighted by atomic mass is 9.77. The summed E-state index contributed by atoms with van der Waals surface area (Å²) in [4.78, 5) is 12.2. The Kier molecular flexibility index (Phi) is 4.21. The summed E-state index contributed by atoms with van der Waals surface area (Å²) in [5.74, 6) is 1.58. The summed E-state index contributed by atoms with van der Waals surface area (Å²) < 4.78 is 5.54. The molecule has 20 heavy (non-hydrogen) atoms. The van der Waals surface area contributed by atoms with E-state index >= 15 is 0 Å². The molecule has 108 valence electrons. The SMILES string of the molecule is CCOC1CC(CC(=O)c2ccc(C3CCC3)cc2)C1. The Morgan fingerprint density at radius 2 is 1.90 bits per heavy atom. The van der Waals surface area contributed by atoms with E-state index in [1.54, 1.807) is 0 Å². The number of carbonyl (C=O) groups excluding carboxylic acids is 1. The van der Waals surface area contributed by atoms with Crippen LogP contribution in [0.25, 0.3) is 0 Å². The highest BCUT2D eigenvalue weighted by Gasteiger charge is 2.31. The van der Waals surface area contributed by atoms with Crippen molar-refractivity contribution in [3.8, 4) is 0 Å². The van der Waals surface area contributed by atoms with E-state index < -0.39 is 0 Å². The Morgan fingerprint density at radius 3 is 2.45 bits per heavy atom. The maximum atomic E-state index is 12.2. The van der Waals surface area contributed by atoms with Crippen molar-refractivity contribution in [1.82, 2.24) is 0 Å². The fourth-order valence-electron chi connectivity index (χ4n) is 3.28. The molecule has 2 nitrogen and oxygen atoms in total. The third-order valence-electron chi connectivity index (χ3n) is 4.88. The molecule has 2 heteroatoms. The topological polar surface area (TPSA) is 26.3 Å². The summed E-state index contributed by atoms with van der Waals surface area (Å²) in [5, 5.41) is 0. The van der Waals surface area contributed by atoms with Crippen LogP contribution < -0.4 is 0 Å². The van der Waals surface area contributed by atoms with Crippen molar-refractivity contribution in [3.63, 3.8) is 0 Å². The molecule has 0 spiro atoms. The molecule has 0 bridgehead atoms. The lowest BCUT2D eigenvalue weighted by Gasteiger charge is -2.34. The quantitative estimate of drug-likeness (QED) is 0.720. The van der Waals surface area contributed by atoms with Gasteiger partial charge in [0.05, 0.1) is 6.10 Å². The molecule has 0 radical (unpaired) electrons. The van der Waals surface area contributed by atoms with Crippen molar-refractivity contribution in [1.29, 1.82) is 0 Å². The molecule has 0 aromatic heterocycles. The Morgan fingerprint density at radius 1 is 1.20 bits per heavy atom. The van der Waals surface area contributed by atoms with E-state index in [1.165, 1.54) is 24.8 Å². The second-order valence-corrected chi connectivity index (χ2v) is 6.29. The Labute approximate surface area is 121 Å². The minimum Gasteiger partial charge on any atom is -0.378 e. The van der Waals surface area contributed by atoms with Crippen molar-refractivity contribution in [2.75, 3.05) is 6.61 Å². The number of rotatable bonds is 6. The summed E-state index contributed by atoms with van der Waals surface area (Å²) >= 11 is 0. The summed E-state index contributed by atoms with van der Waals surface area (Å²) in [6.07, 6.45) is 7.18. The van der Waals surface area contributed by atoms with Crippen LogP contribution in [0.15, 0.2) is 24.3 Å². The zero-order valence-corrected chi connectivity index (χ0v) is 12.3. The molecule has 0 N–H and O–H groups in total. The van der Waals surface area contributed by atoms with Crippen LogP contribution in [0, 0.1) is 5.92 Å². The van der Waals surface area contributed by atoms with Crippen LogP contribution in [-0.4, -0.2) is 18.5 Å². The third-order valence-corrected chi connectivity index (χ3v) is 4.88. The van der Waals surface area contributed by atoms with E-state index in [-0.39, 0.29) is 0 Å². The van der Waals surface area contributed by atoms with Gasteiger partial charge in [-0.25, -0.2) is 0 Å². The van der Waals surface area contributed by atoms with Gasteiger partial charge in [0, 0.05) is 18.6 Å². The lowest BCUT2D eigenvalue weighted by molar-refractivity contribution is -0.0246. The second kappa shape index (κ2) is 6.09. The van der Waals surface area contributed by atoms with E-state index in [4.69, 9.17) is 4.74 Å². The fourth-order valence-corrected chi connectivity index (χ4v) is 3.28. The Balaban J connectivity index is 1.50. The zero-order chi connectivity index (χ0) is 13.9. The van der Waals surface area contributed by atoms with Crippen LogP contribution in [0.4, 0.5) is 0 Å². The number of Topliss-reactive ketones (excluding diaryl/α,β-unsaturated/α-hetero) is 1. The molecule has 3 rings (SSSR count). The lowest BCUT2D eigenvalue weighted by Crippen LogP contribution is -2.32. The van der Waals surface area contributed by atoms with E-state index in [9.17, 15) is 4.79 Å². The predicted octanol–water partition coefficient (Wildman–Crippen LogP) is 4.34. The summed E-state index contributed by atoms with van der Waals surface area (Å²) in [7, 11) is 0. The molecule has 0 atom stereocenters. The normalized spacial score (nSPS) is 25.9. The molecule has 0 amide bonds. The van der Waals surface area contributed by atoms with Crippen molar-refractivity contribution in [3.05, 3.63) is 35.4 Å². The van der Waals surface area contributed by atoms with Gasteiger partial charge in [-0.15, -0.1) is 0 Å². The standard InChI is InChI=1S/C18H24O2/c1-2-20-17-10-13(11-17)12-18(19)16-8-6-15(7-9-16)14-4-3-5-14/h6-9,13-14,17H,2-5,10-12H2,1H3. The first kappa shape index (κ1) is 13.8. The molecular weight excluding hydrogens is 248 g/mol. The van der Waals surface area contributed by atoms with Crippen LogP contribution in [0.3, 0.4) is 0 Å². The highest BCUT2D eigenvalue weighted by Crippen LogP contribution is 2.37. The van der Waals surface area contributed by atoms with E-state index in [0.717, 1.165) is 30.9 Å². The summed E-state index contributed by atoms with van der Waals surface area (Å²) in [6.45, 7) is 2.82. The van der Waals surface area contributed by atoms with E-state index in [2.05, 4.69) is 12.1 Å². The average Bonchev–Trinajstić information content (AvgIpc) is 2.35. The van der Waals surface area contributed by atoms with Crippen molar-refractivity contribution >= 4 is 5.78 Å². The average molecular weight is 272 g/mol. The maximum absolute atomic E-state index is 12.2. The molecular formula is C18H24O2. The van der Waals surface area contributed by atoms with Crippen molar-refractivity contribution in [2.45, 2.75) is 57.5 Å². The van der Waals surface area contributed by atoms with Gasteiger partial charge >= 0.3 is 0 Å². The molecule has 2 aliphatic carbocycles. The van der Waals surface area contributed by atoms with Gasteiger partial charge < -0.3 is 4.74 Å². The summed E-state index contributed by atoms with van der Waals surface area (Å²) in [6, 6.07) is 8.35. The molecule has 0 heterocycles. The van der Waals surface area contributed by atoms with E-state index in [1.807, 2.05) is 19.1 Å². The van der Waals surface area contributed by atoms with Gasteiger partial charge in [-0.1, -0.05) is 30.7 Å². The minimum atomic E-state index is 0.296. The molecule has 1 aromatic rings. The van der Waals surface area contributed by atoms with Gasteiger partial charge in [0.1, 0.15) is 0 Å². The largest absolute Gasteiger partial charge is 0.378 e. The fraction of sp³-hybridized carbons (Fsp3) is 0.611. The Bertz CT molecular complexity index is 453. The molecule has 1 aromatic carbocycles. The predicted molar refractivity (Wildman–Crippen MR) is 80.1 cm³/mol. The number of benzene rings is 1. The van der Waals surface area contributed by atoms with Crippen molar-refractivity contribution < 1.29 is 9.53 Å². The number of hydrogen-bond donors (Lipinski definition) is 0. The Hall–Kier alpha value is -1.15. The van der Waals surface area contributed by atoms with Gasteiger partial charge in [0.25, 0.3) is 0 Å². The smallest absolute Gasteiger partial charge is 0.163 e. The van der Waals surface area contributed by atoms with Crippen LogP contribution in [-0.2, 0) is 4.74 Å². The zero-order valence-electron chi connectivity index (χ0n) is 12.3. The molecule has 0 unspecified atom stereocenters. The maximum Gasteiger partial charge on any atom is 0.163 e. The van der Waals surface area contributed by atoms with Crippen LogP contribution in [0.1, 0.15) is 67.3 Å². The second-order valence-electron chi connectivity index (χ2n) is 6.29. The van der Waals surface area contributed by atoms with Crippen molar-refractivity contribution in [2.24, 2.45) is 5.92 Å². The summed E-state index contributed by atoms with van der Waals surface area (Å²) in [5.41, 5.74) is 2.29. The van der Waals surface area contributed by atoms with Gasteiger partial charge in [-0.2, -0.15) is 0 Å². The van der Waals surface area contributed by atoms with Gasteiger partial charge in [0.15, 0.2) is 5.78 Å². The van der Waals surface area contributed by atoms with Crippen LogP contribution >= 0.6 is 0 Å². The number of ether oxygens (including phenoxy) is 1. The molecule has 2 fully saturated rings. The molecule has 2 saturated carbocycles. The van der Waals surface area contributed by atoms with E-state index in [0.29, 0.717) is 24.2 Å². The highest BCUT2D eigenvalue weighted by molar-refractivity contribution is 5.96. The van der Waals surface area contributed by atoms with Crippen LogP contribution in [0.2, 0.25) is 0 Å². The van der Waals surface area contributed by atoms with Gasteiger partial charge in [-0.05, 0) is 50.0 Å². The number of ketones is 1. The molecule has 0 aliphatic heterocycles. The van der Waals surface area contributed by atoms with Gasteiger partial charge in [0.2, 0.25) is 0 Å². The number of hydrogen-bond acceptors (Lipinski definition) is 2. The minimum absolute atomic E-state index is 0.296. The van der Waals surface area contributed by atoms with Gasteiger partial charge in [-0.3, -0.25) is 4.79 Å². The monoisotopic (exact) mass is 272 g/mol. The highest BCUT2D eigenvalue weighted by atomic mass is 16.5.